The van der Waals surface area contributed by atoms with Crippen molar-refractivity contribution >= 4 is 22.9 Å². The number of rotatable bonds is 4. The minimum absolute atomic E-state index is 0.213. The lowest BCUT2D eigenvalue weighted by Crippen LogP contribution is -2.44. The van der Waals surface area contributed by atoms with Crippen LogP contribution in [0.2, 0.25) is 0 Å². The monoisotopic (exact) mass is 342 g/mol. The van der Waals surface area contributed by atoms with Crippen molar-refractivity contribution in [2.24, 2.45) is 4.99 Å². The normalized spacial score (nSPS) is 18.0. The standard InChI is InChI=1S/C18H26N6O/c1-4-17(25)24-8-7-13(11-24)21-18(19-3)20-10-16-22-14-6-5-12(2)9-15(14)23-16/h5-6,9,13H,4,7-8,10-11H2,1-3H3,(H,22,23)(H2,19,20,21). The van der Waals surface area contributed by atoms with Crippen molar-refractivity contribution in [2.45, 2.75) is 39.3 Å². The van der Waals surface area contributed by atoms with E-state index in [1.54, 1.807) is 7.05 Å². The van der Waals surface area contributed by atoms with Gasteiger partial charge < -0.3 is 20.5 Å². The molecule has 7 nitrogen and oxygen atoms in total. The fourth-order valence-corrected chi connectivity index (χ4v) is 3.14. The van der Waals surface area contributed by atoms with Gasteiger partial charge in [0.2, 0.25) is 5.91 Å². The van der Waals surface area contributed by atoms with Crippen LogP contribution < -0.4 is 10.6 Å². The molecule has 0 aliphatic carbocycles. The molecule has 3 N–H and O–H groups in total. The topological polar surface area (TPSA) is 85.4 Å². The maximum Gasteiger partial charge on any atom is 0.222 e. The first-order chi connectivity index (χ1) is 12.1. The summed E-state index contributed by atoms with van der Waals surface area (Å²) >= 11 is 0. The lowest BCUT2D eigenvalue weighted by atomic mass is 10.2. The van der Waals surface area contributed by atoms with Crippen molar-refractivity contribution in [1.29, 1.82) is 0 Å². The largest absolute Gasteiger partial charge is 0.352 e. The first-order valence-electron chi connectivity index (χ1n) is 8.79. The first kappa shape index (κ1) is 17.3. The number of H-pyrrole nitrogens is 1. The van der Waals surface area contributed by atoms with Crippen LogP contribution in [0.3, 0.4) is 0 Å². The number of hydrogen-bond acceptors (Lipinski definition) is 3. The molecule has 134 valence electrons. The van der Waals surface area contributed by atoms with E-state index in [2.05, 4.69) is 44.7 Å². The number of aromatic amines is 1. The molecule has 0 spiro atoms. The van der Waals surface area contributed by atoms with Crippen molar-refractivity contribution < 1.29 is 4.79 Å². The van der Waals surface area contributed by atoms with Gasteiger partial charge in [-0.15, -0.1) is 0 Å². The van der Waals surface area contributed by atoms with E-state index in [0.717, 1.165) is 42.3 Å². The van der Waals surface area contributed by atoms with Crippen molar-refractivity contribution in [3.8, 4) is 0 Å². The predicted molar refractivity (Wildman–Crippen MR) is 99.4 cm³/mol. The molecule has 7 heteroatoms. The quantitative estimate of drug-likeness (QED) is 0.581. The van der Waals surface area contributed by atoms with Crippen LogP contribution in [0.25, 0.3) is 11.0 Å². The summed E-state index contributed by atoms with van der Waals surface area (Å²) in [7, 11) is 1.75. The minimum Gasteiger partial charge on any atom is -0.352 e. The number of nitrogens with zero attached hydrogens (tertiary/aromatic N) is 3. The molecule has 0 bridgehead atoms. The number of guanidine groups is 1. The first-order valence-corrected chi connectivity index (χ1v) is 8.79. The minimum atomic E-state index is 0.213. The lowest BCUT2D eigenvalue weighted by molar-refractivity contribution is -0.129. The van der Waals surface area contributed by atoms with E-state index >= 15 is 0 Å². The van der Waals surface area contributed by atoms with Crippen molar-refractivity contribution in [3.05, 3.63) is 29.6 Å². The SMILES string of the molecule is CCC(=O)N1CCC(NC(=NC)NCc2nc3ccc(C)cc3[nH]2)C1. The van der Waals surface area contributed by atoms with Crippen molar-refractivity contribution in [2.75, 3.05) is 20.1 Å². The molecule has 3 rings (SSSR count). The zero-order chi connectivity index (χ0) is 17.8. The summed E-state index contributed by atoms with van der Waals surface area (Å²) in [5.74, 6) is 1.81. The molecule has 2 aromatic rings. The van der Waals surface area contributed by atoms with E-state index in [1.807, 2.05) is 17.9 Å². The second-order valence-corrected chi connectivity index (χ2v) is 6.45. The third-order valence-electron chi connectivity index (χ3n) is 4.52. The fourth-order valence-electron chi connectivity index (χ4n) is 3.14. The maximum atomic E-state index is 11.8. The highest BCUT2D eigenvalue weighted by Crippen LogP contribution is 2.13. The number of benzene rings is 1. The fraction of sp³-hybridized carbons (Fsp3) is 0.500. The highest BCUT2D eigenvalue weighted by molar-refractivity contribution is 5.81. The zero-order valence-corrected chi connectivity index (χ0v) is 15.1. The van der Waals surface area contributed by atoms with Gasteiger partial charge in [0, 0.05) is 32.6 Å². The third-order valence-corrected chi connectivity index (χ3v) is 4.52. The van der Waals surface area contributed by atoms with E-state index in [-0.39, 0.29) is 11.9 Å². The number of fused-ring (bicyclic) bond motifs is 1. The van der Waals surface area contributed by atoms with Crippen LogP contribution in [0.5, 0.6) is 0 Å². The van der Waals surface area contributed by atoms with Gasteiger partial charge in [0.25, 0.3) is 0 Å². The Bertz CT molecular complexity index is 781. The summed E-state index contributed by atoms with van der Waals surface area (Å²) in [6.45, 7) is 6.08. The van der Waals surface area contributed by atoms with Crippen LogP contribution >= 0.6 is 0 Å². The number of hydrogen-bond donors (Lipinski definition) is 3. The highest BCUT2D eigenvalue weighted by Gasteiger charge is 2.25. The Morgan fingerprint density at radius 3 is 3.08 bits per heavy atom. The molecular formula is C18H26N6O. The number of nitrogens with one attached hydrogen (secondary N) is 3. The third kappa shape index (κ3) is 4.10. The van der Waals surface area contributed by atoms with E-state index in [9.17, 15) is 4.79 Å². The molecule has 1 fully saturated rings. The lowest BCUT2D eigenvalue weighted by Gasteiger charge is -2.18. The number of carbonyl (C=O) groups is 1. The average molecular weight is 342 g/mol. The average Bonchev–Trinajstić information content (AvgIpc) is 3.23. The van der Waals surface area contributed by atoms with E-state index in [1.165, 1.54) is 5.56 Å². The van der Waals surface area contributed by atoms with Gasteiger partial charge in [-0.25, -0.2) is 4.98 Å². The van der Waals surface area contributed by atoms with Gasteiger partial charge in [-0.1, -0.05) is 13.0 Å². The Morgan fingerprint density at radius 2 is 2.32 bits per heavy atom. The maximum absolute atomic E-state index is 11.8. The smallest absolute Gasteiger partial charge is 0.222 e. The number of likely N-dealkylation sites (tertiary alicyclic amines) is 1. The molecule has 25 heavy (non-hydrogen) atoms. The zero-order valence-electron chi connectivity index (χ0n) is 15.1. The summed E-state index contributed by atoms with van der Waals surface area (Å²) in [5, 5.41) is 6.68. The Kier molecular flexibility index (Phi) is 5.21. The Morgan fingerprint density at radius 1 is 1.48 bits per heavy atom. The molecule has 1 aromatic heterocycles. The van der Waals surface area contributed by atoms with Gasteiger partial charge in [-0.2, -0.15) is 0 Å². The van der Waals surface area contributed by atoms with Crippen LogP contribution in [0, 0.1) is 6.92 Å². The summed E-state index contributed by atoms with van der Waals surface area (Å²) in [5.41, 5.74) is 3.22. The number of aryl methyl sites for hydroxylation is 1. The summed E-state index contributed by atoms with van der Waals surface area (Å²) in [6, 6.07) is 6.41. The number of carbonyl (C=O) groups excluding carboxylic acids is 1. The molecule has 2 heterocycles. The Balaban J connectivity index is 1.55. The van der Waals surface area contributed by atoms with E-state index in [4.69, 9.17) is 0 Å². The second-order valence-electron chi connectivity index (χ2n) is 6.45. The van der Waals surface area contributed by atoms with Crippen LogP contribution in [0.4, 0.5) is 0 Å². The molecule has 1 aliphatic heterocycles. The van der Waals surface area contributed by atoms with Gasteiger partial charge in [-0.3, -0.25) is 9.79 Å². The van der Waals surface area contributed by atoms with Crippen LogP contribution in [-0.4, -0.2) is 52.9 Å². The number of imidazole rings is 1. The van der Waals surface area contributed by atoms with E-state index in [0.29, 0.717) is 13.0 Å². The van der Waals surface area contributed by atoms with Crippen LogP contribution in [-0.2, 0) is 11.3 Å². The molecule has 1 unspecified atom stereocenters. The summed E-state index contributed by atoms with van der Waals surface area (Å²) in [4.78, 5) is 25.9. The molecule has 1 atom stereocenters. The predicted octanol–water partition coefficient (Wildman–Crippen LogP) is 1.55. The molecule has 1 saturated heterocycles. The Hall–Kier alpha value is -2.57. The van der Waals surface area contributed by atoms with E-state index < -0.39 is 0 Å². The van der Waals surface area contributed by atoms with Gasteiger partial charge in [-0.05, 0) is 31.0 Å². The molecule has 1 aromatic carbocycles. The summed E-state index contributed by atoms with van der Waals surface area (Å²) < 4.78 is 0. The van der Waals surface area contributed by atoms with Crippen molar-refractivity contribution in [3.63, 3.8) is 0 Å². The molecular weight excluding hydrogens is 316 g/mol. The van der Waals surface area contributed by atoms with Crippen LogP contribution in [0.15, 0.2) is 23.2 Å². The van der Waals surface area contributed by atoms with Gasteiger partial charge in [0.1, 0.15) is 5.82 Å². The number of aliphatic imine (C=N–C) groups is 1. The van der Waals surface area contributed by atoms with Gasteiger partial charge in [0.05, 0.1) is 17.6 Å². The number of aromatic nitrogens is 2. The van der Waals surface area contributed by atoms with Crippen molar-refractivity contribution in [1.82, 2.24) is 25.5 Å². The summed E-state index contributed by atoms with van der Waals surface area (Å²) in [6.07, 6.45) is 1.50. The second kappa shape index (κ2) is 7.55. The highest BCUT2D eigenvalue weighted by atomic mass is 16.2. The van der Waals surface area contributed by atoms with Gasteiger partial charge >= 0.3 is 0 Å². The van der Waals surface area contributed by atoms with Gasteiger partial charge in [0.15, 0.2) is 5.96 Å². The number of amides is 1. The molecule has 1 aliphatic rings. The molecule has 0 radical (unpaired) electrons. The Labute approximate surface area is 147 Å². The molecule has 1 amide bonds. The van der Waals surface area contributed by atoms with Crippen LogP contribution in [0.1, 0.15) is 31.2 Å². The molecule has 0 saturated carbocycles.